The number of carboxylic acid groups (broad SMARTS) is 1. The molecule has 3 rings (SSSR count). The van der Waals surface area contributed by atoms with Gasteiger partial charge in [0.1, 0.15) is 0 Å². The first-order valence-corrected chi connectivity index (χ1v) is 7.72. The van der Waals surface area contributed by atoms with Crippen molar-refractivity contribution in [2.24, 2.45) is 0 Å². The normalized spacial score (nSPS) is 24.3. The van der Waals surface area contributed by atoms with Crippen molar-refractivity contribution in [3.05, 3.63) is 35.4 Å². The van der Waals surface area contributed by atoms with Gasteiger partial charge in [-0.2, -0.15) is 0 Å². The first-order chi connectivity index (χ1) is 10.2. The maximum absolute atomic E-state index is 11.3. The van der Waals surface area contributed by atoms with Gasteiger partial charge in [-0.1, -0.05) is 18.2 Å². The highest BCUT2D eigenvalue weighted by atomic mass is 16.4. The molecule has 0 spiro atoms. The van der Waals surface area contributed by atoms with E-state index >= 15 is 0 Å². The van der Waals surface area contributed by atoms with Crippen LogP contribution in [0.15, 0.2) is 24.3 Å². The van der Waals surface area contributed by atoms with Crippen molar-refractivity contribution in [1.29, 1.82) is 0 Å². The predicted octanol–water partition coefficient (Wildman–Crippen LogP) is 0.864. The molecule has 1 aromatic carbocycles. The second-order valence-electron chi connectivity index (χ2n) is 5.92. The number of benzene rings is 1. The quantitative estimate of drug-likeness (QED) is 0.861. The van der Waals surface area contributed by atoms with Crippen molar-refractivity contribution in [2.75, 3.05) is 39.3 Å². The van der Waals surface area contributed by atoms with Crippen LogP contribution in [0, 0.1) is 0 Å². The van der Waals surface area contributed by atoms with Gasteiger partial charge < -0.3 is 10.4 Å². The maximum Gasteiger partial charge on any atom is 0.336 e. The fraction of sp³-hybridized carbons (Fsp3) is 0.562. The summed E-state index contributed by atoms with van der Waals surface area (Å²) in [6.45, 7) is 7.19. The Labute approximate surface area is 125 Å². The minimum Gasteiger partial charge on any atom is -0.478 e. The van der Waals surface area contributed by atoms with E-state index in [0.29, 0.717) is 11.6 Å². The Hall–Kier alpha value is -1.43. The largest absolute Gasteiger partial charge is 0.478 e. The van der Waals surface area contributed by atoms with Crippen LogP contribution in [0.2, 0.25) is 0 Å². The van der Waals surface area contributed by atoms with Gasteiger partial charge in [0.05, 0.1) is 5.56 Å². The van der Waals surface area contributed by atoms with E-state index in [9.17, 15) is 9.90 Å². The zero-order valence-electron chi connectivity index (χ0n) is 12.3. The van der Waals surface area contributed by atoms with Crippen molar-refractivity contribution in [3.63, 3.8) is 0 Å². The van der Waals surface area contributed by atoms with E-state index in [1.807, 2.05) is 12.1 Å². The molecule has 0 unspecified atom stereocenters. The van der Waals surface area contributed by atoms with Crippen LogP contribution in [-0.2, 0) is 6.54 Å². The van der Waals surface area contributed by atoms with Crippen LogP contribution in [0.25, 0.3) is 0 Å². The highest BCUT2D eigenvalue weighted by Gasteiger charge is 2.26. The summed E-state index contributed by atoms with van der Waals surface area (Å²) in [6.07, 6.45) is 1.25. The summed E-state index contributed by atoms with van der Waals surface area (Å²) >= 11 is 0. The van der Waals surface area contributed by atoms with E-state index in [0.717, 1.165) is 51.4 Å². The molecule has 0 radical (unpaired) electrons. The van der Waals surface area contributed by atoms with E-state index in [2.05, 4.69) is 15.1 Å². The number of hydrogen-bond donors (Lipinski definition) is 2. The van der Waals surface area contributed by atoms with Gasteiger partial charge in [0.25, 0.3) is 0 Å². The van der Waals surface area contributed by atoms with Gasteiger partial charge in [0.2, 0.25) is 0 Å². The van der Waals surface area contributed by atoms with E-state index in [1.165, 1.54) is 6.42 Å². The van der Waals surface area contributed by atoms with E-state index < -0.39 is 5.97 Å². The first-order valence-electron chi connectivity index (χ1n) is 7.72. The summed E-state index contributed by atoms with van der Waals surface area (Å²) in [5.74, 6) is -0.832. The zero-order chi connectivity index (χ0) is 14.7. The molecule has 0 aliphatic carbocycles. The third-order valence-corrected chi connectivity index (χ3v) is 4.60. The zero-order valence-corrected chi connectivity index (χ0v) is 12.3. The number of carboxylic acids is 1. The van der Waals surface area contributed by atoms with E-state index in [-0.39, 0.29) is 0 Å². The molecule has 0 amide bonds. The fourth-order valence-electron chi connectivity index (χ4n) is 3.35. The second-order valence-corrected chi connectivity index (χ2v) is 5.92. The van der Waals surface area contributed by atoms with Crippen molar-refractivity contribution < 1.29 is 9.90 Å². The summed E-state index contributed by atoms with van der Waals surface area (Å²) in [4.78, 5) is 16.2. The van der Waals surface area contributed by atoms with Gasteiger partial charge in [-0.15, -0.1) is 0 Å². The molecule has 2 fully saturated rings. The topological polar surface area (TPSA) is 55.8 Å². The Balaban J connectivity index is 1.57. The van der Waals surface area contributed by atoms with Gasteiger partial charge in [0.15, 0.2) is 0 Å². The van der Waals surface area contributed by atoms with E-state index in [1.54, 1.807) is 12.1 Å². The third-order valence-electron chi connectivity index (χ3n) is 4.60. The molecule has 2 N–H and O–H groups in total. The van der Waals surface area contributed by atoms with Gasteiger partial charge in [-0.3, -0.25) is 9.80 Å². The lowest BCUT2D eigenvalue weighted by atomic mass is 10.1. The van der Waals surface area contributed by atoms with Gasteiger partial charge >= 0.3 is 5.97 Å². The van der Waals surface area contributed by atoms with Crippen LogP contribution in [0.1, 0.15) is 22.3 Å². The molecule has 0 aromatic heterocycles. The molecule has 2 aliphatic heterocycles. The summed E-state index contributed by atoms with van der Waals surface area (Å²) in [5.41, 5.74) is 1.35. The van der Waals surface area contributed by atoms with Crippen molar-refractivity contribution >= 4 is 5.97 Å². The Morgan fingerprint density at radius 3 is 2.67 bits per heavy atom. The Morgan fingerprint density at radius 1 is 1.24 bits per heavy atom. The molecule has 2 saturated heterocycles. The van der Waals surface area contributed by atoms with Crippen molar-refractivity contribution in [2.45, 2.75) is 19.0 Å². The molecular formula is C16H23N3O2. The molecule has 5 heteroatoms. The van der Waals surface area contributed by atoms with Gasteiger partial charge in [-0.25, -0.2) is 4.79 Å². The highest BCUT2D eigenvalue weighted by molar-refractivity contribution is 5.89. The molecule has 1 atom stereocenters. The first kappa shape index (κ1) is 14.5. The number of nitrogens with one attached hydrogen (secondary N) is 1. The number of rotatable bonds is 4. The van der Waals surface area contributed by atoms with Crippen molar-refractivity contribution in [3.8, 4) is 0 Å². The SMILES string of the molecule is O=C(O)c1ccccc1CN1CCN([C@@H]2CCNC2)CC1. The molecule has 5 nitrogen and oxygen atoms in total. The summed E-state index contributed by atoms with van der Waals surface area (Å²) in [6, 6.07) is 8.02. The minimum absolute atomic E-state index is 0.430. The van der Waals surface area contributed by atoms with Gasteiger partial charge in [-0.05, 0) is 24.6 Å². The maximum atomic E-state index is 11.3. The standard InChI is InChI=1S/C16H23N3O2/c20-16(21)15-4-2-1-3-13(15)12-18-7-9-19(10-8-18)14-5-6-17-11-14/h1-4,14,17H,5-12H2,(H,20,21)/t14-/m1/s1. The third kappa shape index (κ3) is 3.43. The van der Waals surface area contributed by atoms with Crippen LogP contribution in [0.3, 0.4) is 0 Å². The molecule has 2 heterocycles. The van der Waals surface area contributed by atoms with Crippen molar-refractivity contribution in [1.82, 2.24) is 15.1 Å². The molecule has 0 bridgehead atoms. The van der Waals surface area contributed by atoms with Crippen LogP contribution in [0.4, 0.5) is 0 Å². The lowest BCUT2D eigenvalue weighted by molar-refractivity contribution is 0.0691. The van der Waals surface area contributed by atoms with E-state index in [4.69, 9.17) is 0 Å². The fourth-order valence-corrected chi connectivity index (χ4v) is 3.35. The second kappa shape index (κ2) is 6.56. The minimum atomic E-state index is -0.832. The number of carbonyl (C=O) groups is 1. The monoisotopic (exact) mass is 289 g/mol. The van der Waals surface area contributed by atoms with Crippen LogP contribution >= 0.6 is 0 Å². The van der Waals surface area contributed by atoms with Gasteiger partial charge in [0, 0.05) is 45.3 Å². The van der Waals surface area contributed by atoms with Crippen LogP contribution < -0.4 is 5.32 Å². The summed E-state index contributed by atoms with van der Waals surface area (Å²) in [5, 5.41) is 12.7. The molecule has 1 aromatic rings. The Morgan fingerprint density at radius 2 is 2.00 bits per heavy atom. The lowest BCUT2D eigenvalue weighted by Crippen LogP contribution is -2.50. The number of nitrogens with zero attached hydrogens (tertiary/aromatic N) is 2. The lowest BCUT2D eigenvalue weighted by Gasteiger charge is -2.37. The van der Waals surface area contributed by atoms with Crippen LogP contribution in [-0.4, -0.2) is 66.2 Å². The predicted molar refractivity (Wildman–Crippen MR) is 81.5 cm³/mol. The number of aromatic carboxylic acids is 1. The molecule has 0 saturated carbocycles. The average Bonchev–Trinajstić information content (AvgIpc) is 3.03. The molecule has 2 aliphatic rings. The number of piperazine rings is 1. The Bertz CT molecular complexity index is 492. The molecular weight excluding hydrogens is 266 g/mol. The molecule has 114 valence electrons. The van der Waals surface area contributed by atoms with Crippen LogP contribution in [0.5, 0.6) is 0 Å². The summed E-state index contributed by atoms with van der Waals surface area (Å²) in [7, 11) is 0. The smallest absolute Gasteiger partial charge is 0.336 e. The molecule has 21 heavy (non-hydrogen) atoms. The number of hydrogen-bond acceptors (Lipinski definition) is 4. The average molecular weight is 289 g/mol. The Kier molecular flexibility index (Phi) is 4.53. The summed E-state index contributed by atoms with van der Waals surface area (Å²) < 4.78 is 0. The highest BCUT2D eigenvalue weighted by Crippen LogP contribution is 2.16.